The molecule has 2 aromatic heterocycles. The molecule has 0 bridgehead atoms. The summed E-state index contributed by atoms with van der Waals surface area (Å²) >= 11 is 4.46. The highest BCUT2D eigenvalue weighted by Crippen LogP contribution is 2.30. The van der Waals surface area contributed by atoms with E-state index >= 15 is 0 Å². The maximum absolute atomic E-state index is 12.6. The van der Waals surface area contributed by atoms with Crippen LogP contribution in [0.3, 0.4) is 0 Å². The lowest BCUT2D eigenvalue weighted by Gasteiger charge is -2.04. The molecule has 0 fully saturated rings. The van der Waals surface area contributed by atoms with Gasteiger partial charge in [-0.25, -0.2) is 4.98 Å². The molecule has 0 spiro atoms. The van der Waals surface area contributed by atoms with Crippen molar-refractivity contribution in [2.75, 3.05) is 5.75 Å². The largest absolute Gasteiger partial charge is 0.319 e. The lowest BCUT2D eigenvalue weighted by molar-refractivity contribution is 0.0678. The minimum atomic E-state index is -2.55. The molecule has 0 amide bonds. The van der Waals surface area contributed by atoms with Crippen molar-refractivity contribution in [1.82, 2.24) is 19.7 Å². The van der Waals surface area contributed by atoms with E-state index in [9.17, 15) is 8.78 Å². The van der Waals surface area contributed by atoms with E-state index in [-0.39, 0.29) is 0 Å². The van der Waals surface area contributed by atoms with E-state index in [1.54, 1.807) is 11.8 Å². The summed E-state index contributed by atoms with van der Waals surface area (Å²) in [4.78, 5) is 3.91. The molecule has 0 radical (unpaired) electrons. The fraction of sp³-hybridized carbons (Fsp3) is 0.444. The third-order valence-electron chi connectivity index (χ3n) is 1.94. The van der Waals surface area contributed by atoms with Gasteiger partial charge in [0.15, 0.2) is 8.68 Å². The standard InChI is InChI=1S/C9H10F2N4S3/c1-2-16-8-13-14-9(18-8)17-5-6-12-3-4-15(6)7(10)11/h3-4,7H,2,5H2,1H3. The Bertz CT molecular complexity index is 499. The molecule has 0 aliphatic heterocycles. The van der Waals surface area contributed by atoms with Crippen molar-refractivity contribution in [3.63, 3.8) is 0 Å². The van der Waals surface area contributed by atoms with Crippen molar-refractivity contribution < 1.29 is 8.78 Å². The molecule has 2 heterocycles. The molecule has 0 unspecified atom stereocenters. The van der Waals surface area contributed by atoms with Gasteiger partial charge in [-0.05, 0) is 5.75 Å². The second-order valence-corrected chi connectivity index (χ2v) is 6.80. The van der Waals surface area contributed by atoms with Crippen LogP contribution < -0.4 is 0 Å². The normalized spacial score (nSPS) is 11.3. The summed E-state index contributed by atoms with van der Waals surface area (Å²) in [5.74, 6) is 1.65. The molecular formula is C9H10F2N4S3. The minimum absolute atomic E-state index is 0.342. The van der Waals surface area contributed by atoms with Crippen LogP contribution in [0.4, 0.5) is 8.78 Å². The lowest BCUT2D eigenvalue weighted by atomic mass is 10.7. The first-order chi connectivity index (χ1) is 8.70. The van der Waals surface area contributed by atoms with Crippen LogP contribution in [0.15, 0.2) is 21.1 Å². The van der Waals surface area contributed by atoms with Gasteiger partial charge in [0, 0.05) is 12.4 Å². The van der Waals surface area contributed by atoms with Gasteiger partial charge in [-0.1, -0.05) is 41.8 Å². The first-order valence-corrected chi connectivity index (χ1v) is 7.88. The Morgan fingerprint density at radius 1 is 1.33 bits per heavy atom. The smallest absolute Gasteiger partial charge is 0.277 e. The summed E-state index contributed by atoms with van der Waals surface area (Å²) in [5, 5.41) is 7.99. The highest BCUT2D eigenvalue weighted by atomic mass is 32.2. The molecule has 2 aromatic rings. The maximum atomic E-state index is 12.6. The molecule has 0 saturated carbocycles. The second kappa shape index (κ2) is 6.48. The van der Waals surface area contributed by atoms with Crippen LogP contribution >= 0.6 is 34.9 Å². The zero-order chi connectivity index (χ0) is 13.0. The average Bonchev–Trinajstić information content (AvgIpc) is 2.95. The van der Waals surface area contributed by atoms with E-state index < -0.39 is 6.55 Å². The van der Waals surface area contributed by atoms with Gasteiger partial charge < -0.3 is 0 Å². The van der Waals surface area contributed by atoms with E-state index in [1.165, 1.54) is 35.5 Å². The van der Waals surface area contributed by atoms with Crippen molar-refractivity contribution in [2.45, 2.75) is 27.9 Å². The first-order valence-electron chi connectivity index (χ1n) is 5.09. The molecule has 0 aliphatic rings. The molecule has 0 saturated heterocycles. The van der Waals surface area contributed by atoms with Crippen molar-refractivity contribution in [2.24, 2.45) is 0 Å². The quantitative estimate of drug-likeness (QED) is 0.764. The highest BCUT2D eigenvalue weighted by Gasteiger charge is 2.12. The van der Waals surface area contributed by atoms with Crippen molar-refractivity contribution in [1.29, 1.82) is 0 Å². The number of alkyl halides is 2. The Hall–Kier alpha value is -0.670. The third-order valence-corrected chi connectivity index (χ3v) is 5.01. The predicted molar refractivity (Wildman–Crippen MR) is 69.3 cm³/mol. The van der Waals surface area contributed by atoms with Crippen molar-refractivity contribution in [3.05, 3.63) is 18.2 Å². The van der Waals surface area contributed by atoms with Crippen LogP contribution in [0, 0.1) is 0 Å². The molecular weight excluding hydrogens is 298 g/mol. The lowest BCUT2D eigenvalue weighted by Crippen LogP contribution is -2.01. The fourth-order valence-corrected chi connectivity index (χ4v) is 4.06. The fourth-order valence-electron chi connectivity index (χ4n) is 1.20. The number of nitrogens with zero attached hydrogens (tertiary/aromatic N) is 4. The monoisotopic (exact) mass is 308 g/mol. The van der Waals surface area contributed by atoms with Crippen molar-refractivity contribution in [3.8, 4) is 0 Å². The van der Waals surface area contributed by atoms with Gasteiger partial charge in [0.1, 0.15) is 5.82 Å². The first kappa shape index (κ1) is 13.8. The molecule has 0 aliphatic carbocycles. The maximum Gasteiger partial charge on any atom is 0.319 e. The Morgan fingerprint density at radius 2 is 2.06 bits per heavy atom. The average molecular weight is 308 g/mol. The number of aromatic nitrogens is 4. The Balaban J connectivity index is 1.96. The third kappa shape index (κ3) is 3.42. The number of halogens is 2. The van der Waals surface area contributed by atoms with E-state index in [0.29, 0.717) is 11.6 Å². The number of hydrogen-bond donors (Lipinski definition) is 0. The summed E-state index contributed by atoms with van der Waals surface area (Å²) in [7, 11) is 0. The number of thioether (sulfide) groups is 2. The zero-order valence-electron chi connectivity index (χ0n) is 9.42. The molecule has 4 nitrogen and oxygen atoms in total. The number of hydrogen-bond acceptors (Lipinski definition) is 6. The number of rotatable bonds is 6. The van der Waals surface area contributed by atoms with Crippen LogP contribution in [0.1, 0.15) is 19.3 Å². The Morgan fingerprint density at radius 3 is 2.72 bits per heavy atom. The molecule has 0 atom stereocenters. The van der Waals surface area contributed by atoms with E-state index in [1.807, 2.05) is 6.92 Å². The van der Waals surface area contributed by atoms with Crippen molar-refractivity contribution >= 4 is 34.9 Å². The van der Waals surface area contributed by atoms with E-state index in [4.69, 9.17) is 0 Å². The van der Waals surface area contributed by atoms with Crippen LogP contribution in [-0.4, -0.2) is 25.5 Å². The van der Waals surface area contributed by atoms with Crippen LogP contribution in [0.5, 0.6) is 0 Å². The summed E-state index contributed by atoms with van der Waals surface area (Å²) in [6.07, 6.45) is 2.65. The van der Waals surface area contributed by atoms with Crippen LogP contribution in [0.2, 0.25) is 0 Å². The van der Waals surface area contributed by atoms with Gasteiger partial charge in [0.05, 0.1) is 5.75 Å². The van der Waals surface area contributed by atoms with Gasteiger partial charge in [-0.3, -0.25) is 4.57 Å². The summed E-state index contributed by atoms with van der Waals surface area (Å²) in [6.45, 7) is -0.512. The zero-order valence-corrected chi connectivity index (χ0v) is 11.9. The predicted octanol–water partition coefficient (Wildman–Crippen LogP) is 3.53. The number of imidazole rings is 1. The summed E-state index contributed by atoms with van der Waals surface area (Å²) < 4.78 is 27.7. The highest BCUT2D eigenvalue weighted by molar-refractivity contribution is 8.02. The van der Waals surface area contributed by atoms with Gasteiger partial charge in [-0.2, -0.15) is 8.78 Å². The minimum Gasteiger partial charge on any atom is -0.277 e. The van der Waals surface area contributed by atoms with Crippen LogP contribution in [-0.2, 0) is 5.75 Å². The van der Waals surface area contributed by atoms with E-state index in [2.05, 4.69) is 15.2 Å². The van der Waals surface area contributed by atoms with Gasteiger partial charge >= 0.3 is 6.55 Å². The molecule has 18 heavy (non-hydrogen) atoms. The van der Waals surface area contributed by atoms with Gasteiger partial charge in [0.2, 0.25) is 0 Å². The second-order valence-electron chi connectivity index (χ2n) is 3.08. The van der Waals surface area contributed by atoms with Gasteiger partial charge in [-0.15, -0.1) is 10.2 Å². The van der Waals surface area contributed by atoms with E-state index in [0.717, 1.165) is 19.0 Å². The molecule has 0 aromatic carbocycles. The molecule has 0 N–H and O–H groups in total. The topological polar surface area (TPSA) is 43.6 Å². The van der Waals surface area contributed by atoms with Crippen LogP contribution in [0.25, 0.3) is 0 Å². The Labute approximate surface area is 115 Å². The summed E-state index contributed by atoms with van der Waals surface area (Å²) in [6, 6.07) is 0. The SMILES string of the molecule is CCSc1nnc(SCc2nccn2C(F)F)s1. The summed E-state index contributed by atoms with van der Waals surface area (Å²) in [5.41, 5.74) is 0. The molecule has 98 valence electrons. The molecule has 9 heteroatoms. The molecule has 2 rings (SSSR count). The van der Waals surface area contributed by atoms with Gasteiger partial charge in [0.25, 0.3) is 0 Å². The Kier molecular flexibility index (Phi) is 4.95.